The Hall–Kier alpha value is -1.87. The second-order valence-electron chi connectivity index (χ2n) is 4.49. The maximum atomic E-state index is 13.6. The number of nitrogens with zero attached hydrogens (tertiary/aromatic N) is 4. The molecule has 6 nitrogen and oxygen atoms in total. The molecule has 3 heterocycles. The minimum atomic E-state index is -4.75. The summed E-state index contributed by atoms with van der Waals surface area (Å²) in [6, 6.07) is 1.32. The van der Waals surface area contributed by atoms with E-state index < -0.39 is 18.3 Å². The van der Waals surface area contributed by atoms with Gasteiger partial charge in [0.2, 0.25) is 12.0 Å². The fourth-order valence-corrected chi connectivity index (χ4v) is 2.65. The van der Waals surface area contributed by atoms with Crippen LogP contribution in [0.1, 0.15) is 5.69 Å². The van der Waals surface area contributed by atoms with Crippen molar-refractivity contribution in [3.8, 4) is 0 Å². The van der Waals surface area contributed by atoms with Gasteiger partial charge in [0.1, 0.15) is 5.69 Å². The van der Waals surface area contributed by atoms with E-state index in [-0.39, 0.29) is 22.2 Å². The van der Waals surface area contributed by atoms with Crippen molar-refractivity contribution in [3.63, 3.8) is 0 Å². The molecule has 0 radical (unpaired) electrons. The van der Waals surface area contributed by atoms with Crippen molar-refractivity contribution in [2.75, 3.05) is 18.6 Å². The molecule has 0 saturated carbocycles. The van der Waals surface area contributed by atoms with Crippen LogP contribution in [0.4, 0.5) is 18.9 Å². The molecule has 21 heavy (non-hydrogen) atoms. The van der Waals surface area contributed by atoms with Crippen LogP contribution in [0.15, 0.2) is 12.3 Å². The van der Waals surface area contributed by atoms with E-state index >= 15 is 0 Å². The molecular formula is C11H8ClF3N4O2. The SMILES string of the molecule is COC1(C(F)(F)F)CN(C=O)c2cnc3cc(Cl)nn3c21. The van der Waals surface area contributed by atoms with Crippen LogP contribution < -0.4 is 4.90 Å². The van der Waals surface area contributed by atoms with Crippen LogP contribution in [0.5, 0.6) is 0 Å². The Balaban J connectivity index is 2.40. The predicted molar refractivity (Wildman–Crippen MR) is 66.1 cm³/mol. The number of hydrogen-bond acceptors (Lipinski definition) is 4. The molecule has 2 aromatic rings. The number of ether oxygens (including phenoxy) is 1. The van der Waals surface area contributed by atoms with Crippen LogP contribution in [-0.4, -0.2) is 40.8 Å². The molecule has 10 heteroatoms. The quantitative estimate of drug-likeness (QED) is 0.791. The number of halogens is 4. The Morgan fingerprint density at radius 2 is 2.24 bits per heavy atom. The zero-order valence-corrected chi connectivity index (χ0v) is 11.3. The van der Waals surface area contributed by atoms with E-state index in [0.717, 1.165) is 16.5 Å². The minimum Gasteiger partial charge on any atom is -0.362 e. The lowest BCUT2D eigenvalue weighted by Gasteiger charge is -2.30. The van der Waals surface area contributed by atoms with E-state index in [4.69, 9.17) is 16.3 Å². The van der Waals surface area contributed by atoms with E-state index in [1.807, 2.05) is 0 Å². The van der Waals surface area contributed by atoms with Gasteiger partial charge in [0.25, 0.3) is 0 Å². The number of methoxy groups -OCH3 is 1. The Morgan fingerprint density at radius 1 is 1.52 bits per heavy atom. The first-order valence-electron chi connectivity index (χ1n) is 5.72. The molecule has 0 spiro atoms. The maximum absolute atomic E-state index is 13.6. The van der Waals surface area contributed by atoms with Gasteiger partial charge in [-0.15, -0.1) is 0 Å². The third kappa shape index (κ3) is 1.74. The molecule has 1 amide bonds. The van der Waals surface area contributed by atoms with Crippen molar-refractivity contribution >= 4 is 29.3 Å². The standard InChI is InChI=1S/C11H8ClF3N4O2/c1-21-10(11(13,14)15)4-18(5-20)6-3-16-8-2-7(12)17-19(8)9(6)10/h2-3,5H,4H2,1H3. The zero-order chi connectivity index (χ0) is 15.4. The molecule has 1 unspecified atom stereocenters. The Morgan fingerprint density at radius 3 is 2.81 bits per heavy atom. The third-order valence-electron chi connectivity index (χ3n) is 3.45. The molecule has 0 aromatic carbocycles. The highest BCUT2D eigenvalue weighted by molar-refractivity contribution is 6.29. The third-order valence-corrected chi connectivity index (χ3v) is 3.64. The van der Waals surface area contributed by atoms with Crippen molar-refractivity contribution in [2.24, 2.45) is 0 Å². The minimum absolute atomic E-state index is 0.00682. The number of aromatic nitrogens is 3. The molecule has 1 aliphatic rings. The van der Waals surface area contributed by atoms with Crippen LogP contribution >= 0.6 is 11.6 Å². The average molecular weight is 321 g/mol. The molecule has 0 saturated heterocycles. The molecule has 1 aliphatic heterocycles. The van der Waals surface area contributed by atoms with Gasteiger partial charge in [-0.05, 0) is 0 Å². The molecule has 0 aliphatic carbocycles. The number of alkyl halides is 3. The summed E-state index contributed by atoms with van der Waals surface area (Å²) >= 11 is 5.73. The monoisotopic (exact) mass is 320 g/mol. The summed E-state index contributed by atoms with van der Waals surface area (Å²) in [5, 5.41) is 3.80. The molecule has 0 bridgehead atoms. The average Bonchev–Trinajstić information content (AvgIpc) is 2.94. The number of anilines is 1. The van der Waals surface area contributed by atoms with Crippen molar-refractivity contribution in [1.82, 2.24) is 14.6 Å². The second kappa shape index (κ2) is 4.31. The Labute approximate surface area is 121 Å². The van der Waals surface area contributed by atoms with Crippen LogP contribution in [-0.2, 0) is 15.1 Å². The van der Waals surface area contributed by atoms with Crippen molar-refractivity contribution < 1.29 is 22.7 Å². The Bertz CT molecular complexity index is 732. The summed E-state index contributed by atoms with van der Waals surface area (Å²) in [5.41, 5.74) is -2.88. The highest BCUT2D eigenvalue weighted by Gasteiger charge is 2.64. The first-order chi connectivity index (χ1) is 9.84. The fourth-order valence-electron chi connectivity index (χ4n) is 2.48. The first-order valence-corrected chi connectivity index (χ1v) is 6.10. The van der Waals surface area contributed by atoms with E-state index in [9.17, 15) is 18.0 Å². The maximum Gasteiger partial charge on any atom is 0.425 e. The van der Waals surface area contributed by atoms with Gasteiger partial charge in [-0.25, -0.2) is 9.50 Å². The predicted octanol–water partition coefficient (Wildman–Crippen LogP) is 1.76. The highest BCUT2D eigenvalue weighted by Crippen LogP contribution is 2.50. The number of carbonyl (C=O) groups is 1. The molecule has 1 atom stereocenters. The molecule has 0 fully saturated rings. The van der Waals surface area contributed by atoms with E-state index in [1.165, 1.54) is 12.3 Å². The lowest BCUT2D eigenvalue weighted by atomic mass is 10.0. The summed E-state index contributed by atoms with van der Waals surface area (Å²) in [6.07, 6.45) is -3.28. The first kappa shape index (κ1) is 14.1. The van der Waals surface area contributed by atoms with Gasteiger partial charge in [-0.2, -0.15) is 18.3 Å². The van der Waals surface area contributed by atoms with Gasteiger partial charge in [-0.1, -0.05) is 11.6 Å². The fraction of sp³-hybridized carbons (Fsp3) is 0.364. The molecular weight excluding hydrogens is 313 g/mol. The summed E-state index contributed by atoms with van der Waals surface area (Å²) in [4.78, 5) is 15.9. The number of hydrogen-bond donors (Lipinski definition) is 0. The topological polar surface area (TPSA) is 59.7 Å². The molecule has 112 valence electrons. The molecule has 0 N–H and O–H groups in total. The normalized spacial score (nSPS) is 21.9. The number of carbonyl (C=O) groups excluding carboxylic acids is 1. The van der Waals surface area contributed by atoms with E-state index in [1.54, 1.807) is 0 Å². The highest BCUT2D eigenvalue weighted by atomic mass is 35.5. The van der Waals surface area contributed by atoms with Gasteiger partial charge in [-0.3, -0.25) is 4.79 Å². The second-order valence-corrected chi connectivity index (χ2v) is 4.88. The van der Waals surface area contributed by atoms with E-state index in [0.29, 0.717) is 6.41 Å². The van der Waals surface area contributed by atoms with Crippen LogP contribution in [0.25, 0.3) is 5.65 Å². The van der Waals surface area contributed by atoms with Crippen LogP contribution in [0.2, 0.25) is 5.15 Å². The summed E-state index contributed by atoms with van der Waals surface area (Å²) in [5.74, 6) is 0. The van der Waals surface area contributed by atoms with Gasteiger partial charge in [0.15, 0.2) is 10.8 Å². The zero-order valence-electron chi connectivity index (χ0n) is 10.6. The lowest BCUT2D eigenvalue weighted by Crippen LogP contribution is -2.48. The smallest absolute Gasteiger partial charge is 0.362 e. The number of amides is 1. The van der Waals surface area contributed by atoms with Crippen molar-refractivity contribution in [2.45, 2.75) is 11.8 Å². The number of fused-ring (bicyclic) bond motifs is 3. The summed E-state index contributed by atoms with van der Waals surface area (Å²) in [6.45, 7) is -0.704. The van der Waals surface area contributed by atoms with Gasteiger partial charge in [0.05, 0.1) is 18.4 Å². The summed E-state index contributed by atoms with van der Waals surface area (Å²) in [7, 11) is 0.933. The van der Waals surface area contributed by atoms with Crippen LogP contribution in [0.3, 0.4) is 0 Å². The van der Waals surface area contributed by atoms with Gasteiger partial charge >= 0.3 is 6.18 Å². The summed E-state index contributed by atoms with van der Waals surface area (Å²) < 4.78 is 46.5. The van der Waals surface area contributed by atoms with Gasteiger partial charge in [0, 0.05) is 13.2 Å². The molecule has 2 aromatic heterocycles. The molecule has 3 rings (SSSR count). The number of rotatable bonds is 2. The lowest BCUT2D eigenvalue weighted by molar-refractivity contribution is -0.271. The van der Waals surface area contributed by atoms with Crippen molar-refractivity contribution in [3.05, 3.63) is 23.1 Å². The van der Waals surface area contributed by atoms with Crippen LogP contribution in [0, 0.1) is 0 Å². The van der Waals surface area contributed by atoms with E-state index in [2.05, 4.69) is 10.1 Å². The largest absolute Gasteiger partial charge is 0.425 e. The Kier molecular flexibility index (Phi) is 2.89. The van der Waals surface area contributed by atoms with Crippen molar-refractivity contribution in [1.29, 1.82) is 0 Å². The van der Waals surface area contributed by atoms with Gasteiger partial charge < -0.3 is 9.64 Å².